The van der Waals surface area contributed by atoms with Gasteiger partial charge >= 0.3 is 0 Å². The molecule has 2 aromatic rings. The summed E-state index contributed by atoms with van der Waals surface area (Å²) in [6.07, 6.45) is 1.08. The SMILES string of the molecule is Cc1ccc(Cl)c(NC(CC(C)C)c2ccccc2)c1. The minimum absolute atomic E-state index is 0.287. The summed E-state index contributed by atoms with van der Waals surface area (Å²) in [5.74, 6) is 0.622. The highest BCUT2D eigenvalue weighted by molar-refractivity contribution is 6.33. The summed E-state index contributed by atoms with van der Waals surface area (Å²) in [5, 5.41) is 4.38. The van der Waals surface area contributed by atoms with Crippen molar-refractivity contribution in [2.45, 2.75) is 33.2 Å². The molecule has 0 heterocycles. The van der Waals surface area contributed by atoms with Gasteiger partial charge in [-0.05, 0) is 42.5 Å². The maximum absolute atomic E-state index is 6.30. The Balaban J connectivity index is 2.26. The molecule has 2 heteroatoms. The van der Waals surface area contributed by atoms with E-state index in [9.17, 15) is 0 Å². The molecule has 0 aliphatic heterocycles. The molecule has 1 unspecified atom stereocenters. The highest BCUT2D eigenvalue weighted by Crippen LogP contribution is 2.30. The second kappa shape index (κ2) is 6.81. The molecule has 0 aliphatic carbocycles. The Hall–Kier alpha value is -1.47. The summed E-state index contributed by atoms with van der Waals surface area (Å²) >= 11 is 6.30. The van der Waals surface area contributed by atoms with Gasteiger partial charge in [-0.1, -0.05) is 61.8 Å². The minimum atomic E-state index is 0.287. The van der Waals surface area contributed by atoms with Gasteiger partial charge in [0, 0.05) is 0 Å². The first-order valence-electron chi connectivity index (χ1n) is 7.14. The van der Waals surface area contributed by atoms with Gasteiger partial charge in [-0.15, -0.1) is 0 Å². The van der Waals surface area contributed by atoms with Crippen LogP contribution in [-0.4, -0.2) is 0 Å². The van der Waals surface area contributed by atoms with Crippen molar-refractivity contribution in [3.63, 3.8) is 0 Å². The lowest BCUT2D eigenvalue weighted by molar-refractivity contribution is 0.531. The fraction of sp³-hybridized carbons (Fsp3) is 0.333. The van der Waals surface area contributed by atoms with Gasteiger partial charge in [-0.3, -0.25) is 0 Å². The van der Waals surface area contributed by atoms with Crippen LogP contribution in [0.4, 0.5) is 5.69 Å². The molecular weight excluding hydrogens is 266 g/mol. The average molecular weight is 288 g/mol. The predicted molar refractivity (Wildman–Crippen MR) is 88.4 cm³/mol. The van der Waals surface area contributed by atoms with E-state index in [0.717, 1.165) is 17.1 Å². The fourth-order valence-corrected chi connectivity index (χ4v) is 2.54. The number of anilines is 1. The molecule has 0 spiro atoms. The van der Waals surface area contributed by atoms with Gasteiger partial charge in [0.1, 0.15) is 0 Å². The van der Waals surface area contributed by atoms with E-state index in [2.05, 4.69) is 62.5 Å². The molecule has 0 saturated carbocycles. The third-order valence-electron chi connectivity index (χ3n) is 3.36. The number of halogens is 1. The summed E-state index contributed by atoms with van der Waals surface area (Å²) < 4.78 is 0. The lowest BCUT2D eigenvalue weighted by atomic mass is 9.96. The van der Waals surface area contributed by atoms with Gasteiger partial charge in [0.2, 0.25) is 0 Å². The Morgan fingerprint density at radius 2 is 1.75 bits per heavy atom. The molecule has 0 fully saturated rings. The zero-order valence-electron chi connectivity index (χ0n) is 12.4. The van der Waals surface area contributed by atoms with Crippen molar-refractivity contribution in [2.24, 2.45) is 5.92 Å². The monoisotopic (exact) mass is 287 g/mol. The Morgan fingerprint density at radius 3 is 2.40 bits per heavy atom. The summed E-state index contributed by atoms with van der Waals surface area (Å²) in [4.78, 5) is 0. The van der Waals surface area contributed by atoms with E-state index < -0.39 is 0 Å². The van der Waals surface area contributed by atoms with Gasteiger partial charge in [0.25, 0.3) is 0 Å². The Bertz CT molecular complexity index is 549. The van der Waals surface area contributed by atoms with Gasteiger partial charge in [-0.25, -0.2) is 0 Å². The van der Waals surface area contributed by atoms with Gasteiger partial charge in [0.15, 0.2) is 0 Å². The van der Waals surface area contributed by atoms with E-state index >= 15 is 0 Å². The van der Waals surface area contributed by atoms with Crippen LogP contribution in [0, 0.1) is 12.8 Å². The molecule has 1 atom stereocenters. The lowest BCUT2D eigenvalue weighted by Crippen LogP contribution is -2.13. The first-order chi connectivity index (χ1) is 9.56. The van der Waals surface area contributed by atoms with E-state index in [1.54, 1.807) is 0 Å². The molecule has 0 aliphatic rings. The standard InChI is InChI=1S/C18H22ClN/c1-13(2)11-17(15-7-5-4-6-8-15)20-18-12-14(3)9-10-16(18)19/h4-10,12-13,17,20H,11H2,1-3H3. The molecule has 106 valence electrons. The van der Waals surface area contributed by atoms with Gasteiger partial charge < -0.3 is 5.32 Å². The van der Waals surface area contributed by atoms with Crippen molar-refractivity contribution >= 4 is 17.3 Å². The van der Waals surface area contributed by atoms with Crippen LogP contribution in [0.25, 0.3) is 0 Å². The fourth-order valence-electron chi connectivity index (χ4n) is 2.37. The zero-order chi connectivity index (χ0) is 14.5. The zero-order valence-corrected chi connectivity index (χ0v) is 13.1. The van der Waals surface area contributed by atoms with E-state index in [1.165, 1.54) is 11.1 Å². The quantitative estimate of drug-likeness (QED) is 0.727. The van der Waals surface area contributed by atoms with Crippen LogP contribution >= 0.6 is 11.6 Å². The first-order valence-corrected chi connectivity index (χ1v) is 7.51. The van der Waals surface area contributed by atoms with Crippen LogP contribution in [0.5, 0.6) is 0 Å². The van der Waals surface area contributed by atoms with Crippen molar-refractivity contribution in [3.8, 4) is 0 Å². The van der Waals surface area contributed by atoms with Gasteiger partial charge in [0.05, 0.1) is 16.8 Å². The highest BCUT2D eigenvalue weighted by atomic mass is 35.5. The Labute approximate surface area is 127 Å². The van der Waals surface area contributed by atoms with E-state index in [0.29, 0.717) is 5.92 Å². The maximum atomic E-state index is 6.30. The van der Waals surface area contributed by atoms with Crippen LogP contribution in [0.15, 0.2) is 48.5 Å². The number of benzene rings is 2. The number of nitrogens with one attached hydrogen (secondary N) is 1. The molecule has 0 aromatic heterocycles. The minimum Gasteiger partial charge on any atom is -0.377 e. The van der Waals surface area contributed by atoms with Crippen molar-refractivity contribution in [1.29, 1.82) is 0 Å². The average Bonchev–Trinajstić information content (AvgIpc) is 2.42. The van der Waals surface area contributed by atoms with Crippen molar-refractivity contribution in [2.75, 3.05) is 5.32 Å². The second-order valence-electron chi connectivity index (χ2n) is 5.72. The molecule has 0 bridgehead atoms. The van der Waals surface area contributed by atoms with E-state index in [4.69, 9.17) is 11.6 Å². The normalized spacial score (nSPS) is 12.4. The van der Waals surface area contributed by atoms with Crippen LogP contribution in [0.3, 0.4) is 0 Å². The van der Waals surface area contributed by atoms with E-state index in [-0.39, 0.29) is 6.04 Å². The summed E-state index contributed by atoms with van der Waals surface area (Å²) in [6.45, 7) is 6.58. The second-order valence-corrected chi connectivity index (χ2v) is 6.13. The molecule has 1 nitrogen and oxygen atoms in total. The topological polar surface area (TPSA) is 12.0 Å². The number of aryl methyl sites for hydroxylation is 1. The van der Waals surface area contributed by atoms with Crippen LogP contribution in [-0.2, 0) is 0 Å². The molecule has 0 radical (unpaired) electrons. The van der Waals surface area contributed by atoms with Crippen molar-refractivity contribution < 1.29 is 0 Å². The lowest BCUT2D eigenvalue weighted by Gasteiger charge is -2.23. The number of hydrogen-bond acceptors (Lipinski definition) is 1. The Kier molecular flexibility index (Phi) is 5.08. The number of rotatable bonds is 5. The molecule has 20 heavy (non-hydrogen) atoms. The van der Waals surface area contributed by atoms with Gasteiger partial charge in [-0.2, -0.15) is 0 Å². The van der Waals surface area contributed by atoms with Crippen LogP contribution in [0.1, 0.15) is 37.4 Å². The third kappa shape index (κ3) is 4.01. The molecule has 0 saturated heterocycles. The predicted octanol–water partition coefficient (Wildman–Crippen LogP) is 5.85. The molecular formula is C18H22ClN. The maximum Gasteiger partial charge on any atom is 0.0637 e. The summed E-state index contributed by atoms with van der Waals surface area (Å²) in [7, 11) is 0. The largest absolute Gasteiger partial charge is 0.377 e. The summed E-state index contributed by atoms with van der Waals surface area (Å²) in [6, 6.07) is 17.0. The summed E-state index contributed by atoms with van der Waals surface area (Å²) in [5.41, 5.74) is 3.54. The molecule has 1 N–H and O–H groups in total. The van der Waals surface area contributed by atoms with Crippen LogP contribution in [0.2, 0.25) is 5.02 Å². The smallest absolute Gasteiger partial charge is 0.0637 e. The Morgan fingerprint density at radius 1 is 1.05 bits per heavy atom. The van der Waals surface area contributed by atoms with E-state index in [1.807, 2.05) is 12.1 Å². The van der Waals surface area contributed by atoms with Crippen molar-refractivity contribution in [3.05, 3.63) is 64.7 Å². The molecule has 2 rings (SSSR count). The molecule has 0 amide bonds. The molecule has 2 aromatic carbocycles. The first kappa shape index (κ1) is 14.9. The van der Waals surface area contributed by atoms with Crippen molar-refractivity contribution in [1.82, 2.24) is 0 Å². The highest BCUT2D eigenvalue weighted by Gasteiger charge is 2.14. The van der Waals surface area contributed by atoms with Crippen LogP contribution < -0.4 is 5.32 Å². The third-order valence-corrected chi connectivity index (χ3v) is 3.69. The number of hydrogen-bond donors (Lipinski definition) is 1.